The summed E-state index contributed by atoms with van der Waals surface area (Å²) in [4.78, 5) is 21.2. The first-order valence-corrected chi connectivity index (χ1v) is 7.76. The van der Waals surface area contributed by atoms with Gasteiger partial charge in [-0.1, -0.05) is 17.3 Å². The number of benzene rings is 1. The van der Waals surface area contributed by atoms with Crippen LogP contribution in [-0.4, -0.2) is 25.4 Å². The summed E-state index contributed by atoms with van der Waals surface area (Å²) in [6.07, 6.45) is 5.49. The summed E-state index contributed by atoms with van der Waals surface area (Å²) in [5.41, 5.74) is 3.38. The van der Waals surface area contributed by atoms with E-state index in [2.05, 4.69) is 20.4 Å². The zero-order chi connectivity index (χ0) is 17.4. The molecule has 0 fully saturated rings. The fourth-order valence-corrected chi connectivity index (χ4v) is 2.73. The van der Waals surface area contributed by atoms with Gasteiger partial charge in [0.15, 0.2) is 0 Å². The third kappa shape index (κ3) is 2.76. The Morgan fingerprint density at radius 2 is 2.12 bits per heavy atom. The van der Waals surface area contributed by atoms with Gasteiger partial charge in [-0.3, -0.25) is 9.20 Å². The molecule has 0 saturated carbocycles. The number of nitrogens with one attached hydrogen (secondary N) is 1. The lowest BCUT2D eigenvalue weighted by molar-refractivity contribution is 0.102. The number of aromatic nitrogens is 4. The van der Waals surface area contributed by atoms with Crippen LogP contribution >= 0.6 is 0 Å². The molecule has 0 saturated heterocycles. The number of anilines is 1. The average molecular weight is 333 g/mol. The highest BCUT2D eigenvalue weighted by Crippen LogP contribution is 2.23. The first kappa shape index (κ1) is 15.1. The number of rotatable bonds is 3. The number of fused-ring (bicyclic) bond motifs is 1. The molecule has 1 amide bonds. The van der Waals surface area contributed by atoms with E-state index >= 15 is 0 Å². The van der Waals surface area contributed by atoms with Crippen molar-refractivity contribution in [2.24, 2.45) is 0 Å². The smallest absolute Gasteiger partial charge is 0.261 e. The molecular formula is C18H15N5O2. The standard InChI is InChI=1S/C18H15N5O2/c1-11-16(12(2)25-22-11)17(24)20-14-6-3-5-13(9-14)15-10-23-8-4-7-19-18(23)21-15/h3-10H,1-2H3,(H,20,24). The van der Waals surface area contributed by atoms with Crippen molar-refractivity contribution in [3.8, 4) is 11.3 Å². The van der Waals surface area contributed by atoms with Gasteiger partial charge < -0.3 is 9.84 Å². The van der Waals surface area contributed by atoms with Crippen molar-refractivity contribution in [1.29, 1.82) is 0 Å². The van der Waals surface area contributed by atoms with E-state index < -0.39 is 0 Å². The Hall–Kier alpha value is -3.48. The van der Waals surface area contributed by atoms with E-state index in [1.165, 1.54) is 0 Å². The molecule has 3 aromatic heterocycles. The average Bonchev–Trinajstić information content (AvgIpc) is 3.18. The fraction of sp³-hybridized carbons (Fsp3) is 0.111. The summed E-state index contributed by atoms with van der Waals surface area (Å²) in [5.74, 6) is 0.880. The molecule has 25 heavy (non-hydrogen) atoms. The van der Waals surface area contributed by atoms with Crippen LogP contribution in [0.15, 0.2) is 53.4 Å². The molecule has 124 valence electrons. The van der Waals surface area contributed by atoms with Crippen LogP contribution in [0.3, 0.4) is 0 Å². The van der Waals surface area contributed by atoms with Crippen molar-refractivity contribution in [1.82, 2.24) is 19.5 Å². The second kappa shape index (κ2) is 5.86. The first-order valence-electron chi connectivity index (χ1n) is 7.76. The van der Waals surface area contributed by atoms with Gasteiger partial charge >= 0.3 is 0 Å². The lowest BCUT2D eigenvalue weighted by atomic mass is 10.1. The topological polar surface area (TPSA) is 85.3 Å². The molecule has 4 rings (SSSR count). The normalized spacial score (nSPS) is 11.0. The molecule has 3 heterocycles. The number of amides is 1. The van der Waals surface area contributed by atoms with Crippen molar-refractivity contribution < 1.29 is 9.32 Å². The van der Waals surface area contributed by atoms with Gasteiger partial charge in [0.05, 0.1) is 11.4 Å². The summed E-state index contributed by atoms with van der Waals surface area (Å²) in [6, 6.07) is 9.35. The third-order valence-corrected chi connectivity index (χ3v) is 3.91. The van der Waals surface area contributed by atoms with Gasteiger partial charge in [0.1, 0.15) is 11.3 Å². The predicted molar refractivity (Wildman–Crippen MR) is 92.4 cm³/mol. The lowest BCUT2D eigenvalue weighted by Crippen LogP contribution is -2.13. The fourth-order valence-electron chi connectivity index (χ4n) is 2.73. The highest BCUT2D eigenvalue weighted by molar-refractivity contribution is 6.05. The Morgan fingerprint density at radius 1 is 1.24 bits per heavy atom. The van der Waals surface area contributed by atoms with Crippen LogP contribution in [-0.2, 0) is 0 Å². The minimum atomic E-state index is -0.245. The molecule has 7 nitrogen and oxygen atoms in total. The molecule has 0 aliphatic rings. The van der Waals surface area contributed by atoms with Crippen LogP contribution in [0.2, 0.25) is 0 Å². The lowest BCUT2D eigenvalue weighted by Gasteiger charge is -2.06. The van der Waals surface area contributed by atoms with E-state index in [1.807, 2.05) is 47.1 Å². The van der Waals surface area contributed by atoms with E-state index in [9.17, 15) is 4.79 Å². The predicted octanol–water partition coefficient (Wildman–Crippen LogP) is 3.25. The molecule has 7 heteroatoms. The summed E-state index contributed by atoms with van der Waals surface area (Å²) >= 11 is 0. The molecule has 0 unspecified atom stereocenters. The Kier molecular flexibility index (Phi) is 3.53. The molecular weight excluding hydrogens is 318 g/mol. The van der Waals surface area contributed by atoms with Crippen molar-refractivity contribution in [3.63, 3.8) is 0 Å². The molecule has 1 N–H and O–H groups in total. The quantitative estimate of drug-likeness (QED) is 0.622. The van der Waals surface area contributed by atoms with E-state index in [-0.39, 0.29) is 5.91 Å². The summed E-state index contributed by atoms with van der Waals surface area (Å²) in [7, 11) is 0. The molecule has 0 spiro atoms. The largest absolute Gasteiger partial charge is 0.361 e. The summed E-state index contributed by atoms with van der Waals surface area (Å²) < 4.78 is 6.90. The Balaban J connectivity index is 1.64. The van der Waals surface area contributed by atoms with Crippen LogP contribution in [0.4, 0.5) is 5.69 Å². The van der Waals surface area contributed by atoms with Crippen LogP contribution < -0.4 is 5.32 Å². The van der Waals surface area contributed by atoms with Gasteiger partial charge in [-0.15, -0.1) is 0 Å². The zero-order valence-electron chi connectivity index (χ0n) is 13.7. The zero-order valence-corrected chi connectivity index (χ0v) is 13.7. The van der Waals surface area contributed by atoms with Crippen molar-refractivity contribution in [2.45, 2.75) is 13.8 Å². The number of hydrogen-bond acceptors (Lipinski definition) is 5. The minimum absolute atomic E-state index is 0.245. The molecule has 0 bridgehead atoms. The molecule has 0 aliphatic carbocycles. The van der Waals surface area contributed by atoms with Crippen LogP contribution in [0.5, 0.6) is 0 Å². The van der Waals surface area contributed by atoms with Crippen molar-refractivity contribution in [2.75, 3.05) is 5.32 Å². The Morgan fingerprint density at radius 3 is 2.88 bits per heavy atom. The number of imidazole rings is 1. The number of hydrogen-bond donors (Lipinski definition) is 1. The second-order valence-corrected chi connectivity index (χ2v) is 5.69. The molecule has 4 aromatic rings. The van der Waals surface area contributed by atoms with Crippen molar-refractivity contribution in [3.05, 3.63) is 65.9 Å². The van der Waals surface area contributed by atoms with Gasteiger partial charge in [0.25, 0.3) is 5.91 Å². The highest BCUT2D eigenvalue weighted by atomic mass is 16.5. The maximum atomic E-state index is 12.5. The Labute approximate surface area is 143 Å². The van der Waals surface area contributed by atoms with E-state index in [0.717, 1.165) is 11.3 Å². The van der Waals surface area contributed by atoms with E-state index in [0.29, 0.717) is 28.5 Å². The van der Waals surface area contributed by atoms with Gasteiger partial charge in [0.2, 0.25) is 5.78 Å². The Bertz CT molecular complexity index is 1030. The highest BCUT2D eigenvalue weighted by Gasteiger charge is 2.17. The molecule has 0 radical (unpaired) electrons. The number of nitrogens with zero attached hydrogens (tertiary/aromatic N) is 4. The molecule has 0 aliphatic heterocycles. The van der Waals surface area contributed by atoms with E-state index in [1.54, 1.807) is 20.0 Å². The second-order valence-electron chi connectivity index (χ2n) is 5.69. The summed E-state index contributed by atoms with van der Waals surface area (Å²) in [6.45, 7) is 3.46. The molecule has 0 atom stereocenters. The van der Waals surface area contributed by atoms with Gasteiger partial charge in [-0.25, -0.2) is 9.97 Å². The SMILES string of the molecule is Cc1noc(C)c1C(=O)Nc1cccc(-c2cn3cccnc3n2)c1. The van der Waals surface area contributed by atoms with Gasteiger partial charge in [-0.05, 0) is 32.0 Å². The number of carbonyl (C=O) groups is 1. The van der Waals surface area contributed by atoms with Gasteiger partial charge in [0, 0.05) is 29.8 Å². The monoisotopic (exact) mass is 333 g/mol. The number of carbonyl (C=O) groups excluding carboxylic acids is 1. The third-order valence-electron chi connectivity index (χ3n) is 3.91. The summed E-state index contributed by atoms with van der Waals surface area (Å²) in [5, 5.41) is 6.69. The van der Waals surface area contributed by atoms with E-state index in [4.69, 9.17) is 4.52 Å². The minimum Gasteiger partial charge on any atom is -0.361 e. The van der Waals surface area contributed by atoms with Gasteiger partial charge in [-0.2, -0.15) is 0 Å². The first-order chi connectivity index (χ1) is 12.1. The van der Waals surface area contributed by atoms with Crippen LogP contribution in [0, 0.1) is 13.8 Å². The maximum Gasteiger partial charge on any atom is 0.261 e. The van der Waals surface area contributed by atoms with Crippen LogP contribution in [0.25, 0.3) is 17.0 Å². The maximum absolute atomic E-state index is 12.5. The van der Waals surface area contributed by atoms with Crippen LogP contribution in [0.1, 0.15) is 21.8 Å². The van der Waals surface area contributed by atoms with Crippen molar-refractivity contribution >= 4 is 17.4 Å². The number of aryl methyl sites for hydroxylation is 2. The molecule has 1 aromatic carbocycles.